The zero-order valence-corrected chi connectivity index (χ0v) is 16.3. The Labute approximate surface area is 156 Å². The van der Waals surface area contributed by atoms with E-state index in [1.807, 2.05) is 13.8 Å². The Bertz CT molecular complexity index is 664. The number of halogens is 1. The highest BCUT2D eigenvalue weighted by Crippen LogP contribution is 2.25. The molecule has 3 unspecified atom stereocenters. The highest BCUT2D eigenvalue weighted by atomic mass is 35.5. The van der Waals surface area contributed by atoms with E-state index in [0.29, 0.717) is 24.4 Å². The van der Waals surface area contributed by atoms with E-state index in [2.05, 4.69) is 10.0 Å². The predicted molar refractivity (Wildman–Crippen MR) is 101 cm³/mol. The molecule has 0 saturated heterocycles. The summed E-state index contributed by atoms with van der Waals surface area (Å²) in [4.78, 5) is 12.5. The van der Waals surface area contributed by atoms with Crippen molar-refractivity contribution >= 4 is 28.3 Å². The largest absolute Gasteiger partial charge is 0.349 e. The average molecular weight is 390 g/mol. The van der Waals surface area contributed by atoms with Crippen molar-refractivity contribution in [1.82, 2.24) is 10.0 Å². The van der Waals surface area contributed by atoms with E-state index in [1.54, 1.807) is 12.1 Å². The van der Waals surface area contributed by atoms with Crippen molar-refractivity contribution in [3.8, 4) is 0 Å². The first-order valence-corrected chi connectivity index (χ1v) is 9.99. The summed E-state index contributed by atoms with van der Waals surface area (Å²) >= 11 is 0. The second kappa shape index (κ2) is 9.52. The topological polar surface area (TPSA) is 101 Å². The molecular formula is C17H28ClN3O3S. The molecule has 8 heteroatoms. The third-order valence-electron chi connectivity index (χ3n) is 4.67. The van der Waals surface area contributed by atoms with Gasteiger partial charge in [0.05, 0.1) is 4.90 Å². The number of hydrogen-bond acceptors (Lipinski definition) is 4. The molecule has 0 heterocycles. The molecule has 1 aliphatic carbocycles. The van der Waals surface area contributed by atoms with Crippen LogP contribution in [-0.4, -0.2) is 33.0 Å². The van der Waals surface area contributed by atoms with Crippen LogP contribution < -0.4 is 15.8 Å². The van der Waals surface area contributed by atoms with Crippen LogP contribution in [0.2, 0.25) is 0 Å². The maximum atomic E-state index is 12.3. The van der Waals surface area contributed by atoms with Crippen LogP contribution in [-0.2, 0) is 10.0 Å². The number of rotatable bonds is 7. The highest BCUT2D eigenvalue weighted by Gasteiger charge is 2.27. The lowest BCUT2D eigenvalue weighted by Gasteiger charge is -2.19. The summed E-state index contributed by atoms with van der Waals surface area (Å²) in [5.41, 5.74) is 6.19. The fourth-order valence-corrected chi connectivity index (χ4v) is 4.29. The van der Waals surface area contributed by atoms with E-state index >= 15 is 0 Å². The van der Waals surface area contributed by atoms with Crippen molar-refractivity contribution in [3.63, 3.8) is 0 Å². The highest BCUT2D eigenvalue weighted by molar-refractivity contribution is 7.89. The van der Waals surface area contributed by atoms with Gasteiger partial charge in [-0.25, -0.2) is 13.1 Å². The molecule has 142 valence electrons. The number of nitrogens with one attached hydrogen (secondary N) is 2. The summed E-state index contributed by atoms with van der Waals surface area (Å²) in [7, 11) is -3.55. The molecule has 0 aromatic heterocycles. The van der Waals surface area contributed by atoms with Gasteiger partial charge in [-0.15, -0.1) is 12.4 Å². The number of amides is 1. The maximum absolute atomic E-state index is 12.3. The second-order valence-corrected chi connectivity index (χ2v) is 8.18. The smallest absolute Gasteiger partial charge is 0.251 e. The summed E-state index contributed by atoms with van der Waals surface area (Å²) < 4.78 is 27.0. The van der Waals surface area contributed by atoms with E-state index in [9.17, 15) is 13.2 Å². The molecule has 1 aliphatic rings. The summed E-state index contributed by atoms with van der Waals surface area (Å²) in [5, 5.41) is 3.01. The second-order valence-electron chi connectivity index (χ2n) is 6.46. The molecular weight excluding hydrogens is 362 g/mol. The molecule has 0 aliphatic heterocycles. The zero-order valence-electron chi connectivity index (χ0n) is 14.7. The monoisotopic (exact) mass is 389 g/mol. The van der Waals surface area contributed by atoms with Gasteiger partial charge >= 0.3 is 0 Å². The van der Waals surface area contributed by atoms with Gasteiger partial charge in [-0.2, -0.15) is 0 Å². The first kappa shape index (κ1) is 21.9. The van der Waals surface area contributed by atoms with E-state index in [-0.39, 0.29) is 35.3 Å². The number of hydrogen-bond donors (Lipinski definition) is 3. The summed E-state index contributed by atoms with van der Waals surface area (Å²) in [6.07, 6.45) is 3.77. The van der Waals surface area contributed by atoms with Crippen molar-refractivity contribution in [1.29, 1.82) is 0 Å². The Morgan fingerprint density at radius 1 is 1.28 bits per heavy atom. The van der Waals surface area contributed by atoms with Gasteiger partial charge in [0.2, 0.25) is 10.0 Å². The van der Waals surface area contributed by atoms with Crippen molar-refractivity contribution in [2.45, 2.75) is 56.5 Å². The minimum Gasteiger partial charge on any atom is -0.349 e. The molecule has 25 heavy (non-hydrogen) atoms. The van der Waals surface area contributed by atoms with Crippen LogP contribution in [0.4, 0.5) is 0 Å². The zero-order chi connectivity index (χ0) is 17.7. The lowest BCUT2D eigenvalue weighted by molar-refractivity contribution is 0.0928. The van der Waals surface area contributed by atoms with Crippen LogP contribution in [0.3, 0.4) is 0 Å². The lowest BCUT2D eigenvalue weighted by Crippen LogP contribution is -2.39. The Balaban J connectivity index is 0.00000312. The third kappa shape index (κ3) is 5.67. The average Bonchev–Trinajstić information content (AvgIpc) is 3.01. The summed E-state index contributed by atoms with van der Waals surface area (Å²) in [6.45, 7) is 4.30. The quantitative estimate of drug-likeness (QED) is 0.664. The number of carbonyl (C=O) groups excluding carboxylic acids is 1. The van der Waals surface area contributed by atoms with Crippen molar-refractivity contribution < 1.29 is 13.2 Å². The Hall–Kier alpha value is -1.15. The van der Waals surface area contributed by atoms with Crippen LogP contribution in [0.5, 0.6) is 0 Å². The van der Waals surface area contributed by atoms with E-state index in [4.69, 9.17) is 5.73 Å². The minimum absolute atomic E-state index is 0. The van der Waals surface area contributed by atoms with Gasteiger partial charge in [0.1, 0.15) is 0 Å². The van der Waals surface area contributed by atoms with E-state index < -0.39 is 10.0 Å². The Morgan fingerprint density at radius 2 is 1.92 bits per heavy atom. The van der Waals surface area contributed by atoms with Gasteiger partial charge in [0, 0.05) is 17.6 Å². The van der Waals surface area contributed by atoms with Crippen LogP contribution in [0, 0.1) is 5.92 Å². The molecule has 1 saturated carbocycles. The Kier molecular flexibility index (Phi) is 8.34. The van der Waals surface area contributed by atoms with Crippen molar-refractivity contribution in [2.75, 3.05) is 6.54 Å². The molecule has 1 amide bonds. The van der Waals surface area contributed by atoms with E-state index in [1.165, 1.54) is 12.1 Å². The van der Waals surface area contributed by atoms with Gasteiger partial charge in [0.15, 0.2) is 0 Å². The molecule has 0 radical (unpaired) electrons. The minimum atomic E-state index is -3.55. The summed E-state index contributed by atoms with van der Waals surface area (Å²) in [6, 6.07) is 6.01. The van der Waals surface area contributed by atoms with Gasteiger partial charge in [-0.05, 0) is 62.9 Å². The number of benzene rings is 1. The standard InChI is InChI=1S/C17H27N3O3S.ClH/c1-3-12(2)20-24(22,23)15-9-7-13(8-10-15)17(21)19-16-6-4-5-14(16)11-18;/h7-10,12,14,16,20H,3-6,11,18H2,1-2H3,(H,19,21);1H. The first-order chi connectivity index (χ1) is 11.4. The van der Waals surface area contributed by atoms with Crippen molar-refractivity contribution in [2.24, 2.45) is 11.7 Å². The van der Waals surface area contributed by atoms with Crippen LogP contribution in [0.1, 0.15) is 49.9 Å². The van der Waals surface area contributed by atoms with E-state index in [0.717, 1.165) is 19.3 Å². The summed E-state index contributed by atoms with van der Waals surface area (Å²) in [5.74, 6) is 0.146. The third-order valence-corrected chi connectivity index (χ3v) is 6.28. The van der Waals surface area contributed by atoms with Gasteiger partial charge in [-0.3, -0.25) is 4.79 Å². The molecule has 1 aromatic carbocycles. The molecule has 0 bridgehead atoms. The predicted octanol–water partition coefficient (Wildman–Crippen LogP) is 2.04. The molecule has 1 aromatic rings. The fourth-order valence-electron chi connectivity index (χ4n) is 2.96. The number of carbonyl (C=O) groups is 1. The van der Waals surface area contributed by atoms with Crippen molar-refractivity contribution in [3.05, 3.63) is 29.8 Å². The molecule has 1 fully saturated rings. The number of sulfonamides is 1. The molecule has 0 spiro atoms. The normalized spacial score (nSPS) is 21.4. The van der Waals surface area contributed by atoms with Gasteiger partial charge in [0.25, 0.3) is 5.91 Å². The fraction of sp³-hybridized carbons (Fsp3) is 0.588. The molecule has 3 atom stereocenters. The SMILES string of the molecule is CCC(C)NS(=O)(=O)c1ccc(C(=O)NC2CCCC2CN)cc1.Cl. The van der Waals surface area contributed by atoms with Crippen LogP contribution in [0.15, 0.2) is 29.2 Å². The molecule has 6 nitrogen and oxygen atoms in total. The molecule has 2 rings (SSSR count). The van der Waals surface area contributed by atoms with Crippen LogP contribution >= 0.6 is 12.4 Å². The first-order valence-electron chi connectivity index (χ1n) is 8.50. The lowest BCUT2D eigenvalue weighted by atomic mass is 10.0. The van der Waals surface area contributed by atoms with Gasteiger partial charge < -0.3 is 11.1 Å². The molecule has 4 N–H and O–H groups in total. The van der Waals surface area contributed by atoms with Crippen LogP contribution in [0.25, 0.3) is 0 Å². The Morgan fingerprint density at radius 3 is 2.48 bits per heavy atom. The number of nitrogens with two attached hydrogens (primary N) is 1. The maximum Gasteiger partial charge on any atom is 0.251 e. The van der Waals surface area contributed by atoms with Gasteiger partial charge in [-0.1, -0.05) is 13.3 Å².